The van der Waals surface area contributed by atoms with Crippen molar-refractivity contribution in [2.24, 2.45) is 5.92 Å². The van der Waals surface area contributed by atoms with E-state index in [0.717, 1.165) is 28.7 Å². The molecule has 1 fully saturated rings. The first-order valence-corrected chi connectivity index (χ1v) is 10.2. The summed E-state index contributed by atoms with van der Waals surface area (Å²) in [5.41, 5.74) is -0.135. The maximum atomic E-state index is 15.3. The molecule has 0 amide bonds. The number of fused-ring (bicyclic) bond motifs is 1. The number of aromatic nitrogens is 1. The van der Waals surface area contributed by atoms with Crippen LogP contribution in [0.1, 0.15) is 12.8 Å². The Balaban J connectivity index is 1.73. The topological polar surface area (TPSA) is 53.4 Å². The number of piperidine rings is 1. The van der Waals surface area contributed by atoms with Crippen LogP contribution in [0.4, 0.5) is 13.8 Å². The van der Waals surface area contributed by atoms with Crippen molar-refractivity contribution in [3.8, 4) is 16.9 Å². The number of hydrogen-bond donors (Lipinski definition) is 1. The summed E-state index contributed by atoms with van der Waals surface area (Å²) in [6, 6.07) is 4.97. The number of ketones is 1. The number of carbonyl (C=O) groups is 1. The molecule has 2 aromatic carbocycles. The van der Waals surface area contributed by atoms with E-state index in [0.29, 0.717) is 31.3 Å². The molecule has 0 radical (unpaired) electrons. The number of rotatable bonds is 4. The number of allylic oxidation sites excluding steroid dienone is 1. The zero-order valence-corrected chi connectivity index (χ0v) is 16.9. The molecule has 0 spiro atoms. The molecule has 150 valence electrons. The molecule has 8 heteroatoms. The first kappa shape index (κ1) is 19.8. The molecule has 4 rings (SSSR count). The Morgan fingerprint density at radius 3 is 2.72 bits per heavy atom. The van der Waals surface area contributed by atoms with Crippen LogP contribution >= 0.6 is 23.1 Å². The summed E-state index contributed by atoms with van der Waals surface area (Å²) in [6.45, 7) is 4.83. The van der Waals surface area contributed by atoms with E-state index >= 15 is 4.39 Å². The first-order valence-electron chi connectivity index (χ1n) is 9.08. The van der Waals surface area contributed by atoms with Crippen molar-refractivity contribution >= 4 is 44.8 Å². The molecule has 1 aliphatic rings. The highest BCUT2D eigenvalue weighted by atomic mass is 35.5. The van der Waals surface area contributed by atoms with Crippen LogP contribution in [0.2, 0.25) is 5.02 Å². The molecule has 1 aromatic heterocycles. The van der Waals surface area contributed by atoms with Gasteiger partial charge in [0.15, 0.2) is 11.6 Å². The van der Waals surface area contributed by atoms with Gasteiger partial charge in [-0.05, 0) is 54.7 Å². The van der Waals surface area contributed by atoms with Crippen LogP contribution in [0, 0.1) is 17.6 Å². The van der Waals surface area contributed by atoms with E-state index in [1.54, 1.807) is 6.07 Å². The van der Waals surface area contributed by atoms with Gasteiger partial charge >= 0.3 is 0 Å². The maximum Gasteiger partial charge on any atom is 0.160 e. The summed E-state index contributed by atoms with van der Waals surface area (Å²) in [5, 5.41) is 11.0. The highest BCUT2D eigenvalue weighted by Gasteiger charge is 2.27. The van der Waals surface area contributed by atoms with Crippen molar-refractivity contribution in [2.75, 3.05) is 18.0 Å². The number of benzene rings is 2. The summed E-state index contributed by atoms with van der Waals surface area (Å²) in [5.74, 6) is -1.59. The van der Waals surface area contributed by atoms with Crippen LogP contribution in [0.3, 0.4) is 0 Å². The molecule has 1 saturated heterocycles. The number of phenolic OH excluding ortho intramolecular Hbond substituents is 1. The molecule has 0 saturated carbocycles. The Morgan fingerprint density at radius 1 is 1.31 bits per heavy atom. The predicted octanol–water partition coefficient (Wildman–Crippen LogP) is 5.57. The zero-order chi connectivity index (χ0) is 20.7. The van der Waals surface area contributed by atoms with Crippen molar-refractivity contribution in [1.29, 1.82) is 0 Å². The average Bonchev–Trinajstić information content (AvgIpc) is 3.14. The largest absolute Gasteiger partial charge is 0.508 e. The monoisotopic (exact) mass is 434 g/mol. The van der Waals surface area contributed by atoms with Gasteiger partial charge in [0, 0.05) is 35.5 Å². The fraction of sp³-hybridized carbons (Fsp3) is 0.238. The Labute approximate surface area is 175 Å². The third-order valence-corrected chi connectivity index (χ3v) is 6.47. The van der Waals surface area contributed by atoms with Crippen LogP contribution < -0.4 is 4.90 Å². The molecule has 0 aliphatic carbocycles. The average molecular weight is 435 g/mol. The lowest BCUT2D eigenvalue weighted by atomic mass is 9.92. The van der Waals surface area contributed by atoms with Gasteiger partial charge in [0.1, 0.15) is 22.1 Å². The van der Waals surface area contributed by atoms with Gasteiger partial charge < -0.3 is 10.0 Å². The molecule has 29 heavy (non-hydrogen) atoms. The minimum atomic E-state index is -0.726. The second-order valence-corrected chi connectivity index (χ2v) is 8.12. The Hall–Kier alpha value is -2.51. The van der Waals surface area contributed by atoms with Gasteiger partial charge in [-0.3, -0.25) is 4.79 Å². The van der Waals surface area contributed by atoms with Gasteiger partial charge in [-0.1, -0.05) is 18.2 Å². The molecule has 0 atom stereocenters. The molecule has 1 N–H and O–H groups in total. The van der Waals surface area contributed by atoms with Gasteiger partial charge in [-0.25, -0.2) is 8.78 Å². The van der Waals surface area contributed by atoms with Gasteiger partial charge in [0.25, 0.3) is 0 Å². The van der Waals surface area contributed by atoms with E-state index in [2.05, 4.69) is 15.9 Å². The summed E-state index contributed by atoms with van der Waals surface area (Å²) >= 11 is 7.48. The number of carbonyl (C=O) groups excluding carboxylic acids is 1. The lowest BCUT2D eigenvalue weighted by Crippen LogP contribution is -2.35. The van der Waals surface area contributed by atoms with Crippen LogP contribution in [0.5, 0.6) is 5.75 Å². The minimum absolute atomic E-state index is 0.0383. The summed E-state index contributed by atoms with van der Waals surface area (Å²) in [7, 11) is 0. The Bertz CT molecular complexity index is 1120. The highest BCUT2D eigenvalue weighted by Crippen LogP contribution is 2.42. The SMILES string of the molecule is C=CC(=O)C1CCN(c2snc3c(F)c(-c4cc(O)ccc4F)c(Cl)cc23)CC1. The maximum absolute atomic E-state index is 15.3. The molecule has 3 aromatic rings. The number of phenols is 1. The van der Waals surface area contributed by atoms with E-state index in [-0.39, 0.29) is 39.1 Å². The molecular weight excluding hydrogens is 418 g/mol. The van der Waals surface area contributed by atoms with Crippen LogP contribution in [0.15, 0.2) is 36.9 Å². The van der Waals surface area contributed by atoms with Crippen molar-refractivity contribution in [3.05, 3.63) is 53.6 Å². The van der Waals surface area contributed by atoms with Gasteiger partial charge in [0.05, 0.1) is 5.02 Å². The Morgan fingerprint density at radius 2 is 2.03 bits per heavy atom. The number of aromatic hydroxyl groups is 1. The highest BCUT2D eigenvalue weighted by molar-refractivity contribution is 7.11. The second-order valence-electron chi connectivity index (χ2n) is 6.96. The van der Waals surface area contributed by atoms with E-state index < -0.39 is 11.6 Å². The van der Waals surface area contributed by atoms with E-state index in [4.69, 9.17) is 11.6 Å². The number of nitrogens with zero attached hydrogens (tertiary/aromatic N) is 2. The lowest BCUT2D eigenvalue weighted by molar-refractivity contribution is -0.118. The van der Waals surface area contributed by atoms with Gasteiger partial charge in [-0.15, -0.1) is 0 Å². The molecule has 0 unspecified atom stereocenters. The summed E-state index contributed by atoms with van der Waals surface area (Å²) in [6.07, 6.45) is 2.74. The molecular formula is C21H17ClF2N2O2S. The van der Waals surface area contributed by atoms with E-state index in [1.807, 2.05) is 0 Å². The fourth-order valence-electron chi connectivity index (χ4n) is 3.71. The standard InChI is InChI=1S/C21H17ClF2N2O2S/c1-2-17(28)11-5-7-26(8-6-11)21-14-10-15(22)18(19(24)20(14)25-29-21)13-9-12(27)3-4-16(13)23/h2-4,9-11,27H,1,5-8H2. The normalized spacial score (nSPS) is 15.1. The Kier molecular flexibility index (Phi) is 5.27. The van der Waals surface area contributed by atoms with Crippen LogP contribution in [-0.2, 0) is 4.79 Å². The summed E-state index contributed by atoms with van der Waals surface area (Å²) < 4.78 is 33.7. The second kappa shape index (κ2) is 7.72. The third-order valence-electron chi connectivity index (χ3n) is 5.25. The van der Waals surface area contributed by atoms with E-state index in [1.165, 1.54) is 12.1 Å². The predicted molar refractivity (Wildman–Crippen MR) is 112 cm³/mol. The minimum Gasteiger partial charge on any atom is -0.508 e. The van der Waals surface area contributed by atoms with Crippen molar-refractivity contribution in [1.82, 2.24) is 4.37 Å². The lowest BCUT2D eigenvalue weighted by Gasteiger charge is -2.31. The fourth-order valence-corrected chi connectivity index (χ4v) is 4.91. The number of halogens is 3. The molecule has 1 aliphatic heterocycles. The van der Waals surface area contributed by atoms with Crippen molar-refractivity contribution in [2.45, 2.75) is 12.8 Å². The van der Waals surface area contributed by atoms with Gasteiger partial charge in [-0.2, -0.15) is 4.37 Å². The molecule has 2 heterocycles. The van der Waals surface area contributed by atoms with Gasteiger partial charge in [0.2, 0.25) is 0 Å². The van der Waals surface area contributed by atoms with Crippen molar-refractivity contribution < 1.29 is 18.7 Å². The molecule has 4 nitrogen and oxygen atoms in total. The van der Waals surface area contributed by atoms with Crippen molar-refractivity contribution in [3.63, 3.8) is 0 Å². The van der Waals surface area contributed by atoms with Crippen LogP contribution in [0.25, 0.3) is 22.0 Å². The number of hydrogen-bond acceptors (Lipinski definition) is 5. The summed E-state index contributed by atoms with van der Waals surface area (Å²) in [4.78, 5) is 13.9. The molecule has 0 bridgehead atoms. The van der Waals surface area contributed by atoms with Crippen LogP contribution in [-0.4, -0.2) is 28.4 Å². The quantitative estimate of drug-likeness (QED) is 0.545. The number of anilines is 1. The van der Waals surface area contributed by atoms with E-state index in [9.17, 15) is 14.3 Å². The zero-order valence-electron chi connectivity index (χ0n) is 15.3. The first-order chi connectivity index (χ1) is 13.9. The third kappa shape index (κ3) is 3.49. The smallest absolute Gasteiger partial charge is 0.160 e.